The van der Waals surface area contributed by atoms with Gasteiger partial charge in [0.15, 0.2) is 0 Å². The van der Waals surface area contributed by atoms with Gasteiger partial charge in [0.1, 0.15) is 0 Å². The van der Waals surface area contributed by atoms with Crippen molar-refractivity contribution in [2.24, 2.45) is 5.92 Å². The minimum Gasteiger partial charge on any atom is -0.465 e. The predicted octanol–water partition coefficient (Wildman–Crippen LogP) is 9.86. The third-order valence-corrected chi connectivity index (χ3v) is 8.01. The van der Waals surface area contributed by atoms with Crippen molar-refractivity contribution in [3.63, 3.8) is 0 Å². The average molecular weight is 540 g/mol. The van der Waals surface area contributed by atoms with Crippen LogP contribution < -0.4 is 0 Å². The Kier molecular flexibility index (Phi) is 30.4. The Balaban J connectivity index is 4.13. The Morgan fingerprint density at radius 3 is 1.47 bits per heavy atom. The second kappa shape index (κ2) is 30.9. The summed E-state index contributed by atoms with van der Waals surface area (Å²) in [7, 11) is 0. The van der Waals surface area contributed by atoms with Crippen LogP contribution in [0.25, 0.3) is 0 Å². The molecule has 38 heavy (non-hydrogen) atoms. The number of esters is 1. The van der Waals surface area contributed by atoms with Crippen LogP contribution in [0, 0.1) is 5.92 Å². The van der Waals surface area contributed by atoms with Crippen LogP contribution in [-0.2, 0) is 9.53 Å². The van der Waals surface area contributed by atoms with Gasteiger partial charge in [0.25, 0.3) is 0 Å². The molecule has 0 heterocycles. The average Bonchev–Trinajstić information content (AvgIpc) is 2.92. The number of ether oxygens (including phenoxy) is 1. The van der Waals surface area contributed by atoms with Gasteiger partial charge in [-0.15, -0.1) is 0 Å². The molecule has 0 bridgehead atoms. The van der Waals surface area contributed by atoms with Gasteiger partial charge >= 0.3 is 5.97 Å². The summed E-state index contributed by atoms with van der Waals surface area (Å²) in [5, 5.41) is 9.34. The van der Waals surface area contributed by atoms with Crippen LogP contribution in [0.4, 0.5) is 0 Å². The Bertz CT molecular complexity index is 471. The number of carbonyl (C=O) groups is 1. The summed E-state index contributed by atoms with van der Waals surface area (Å²) in [4.78, 5) is 14.8. The fourth-order valence-electron chi connectivity index (χ4n) is 5.39. The quantitative estimate of drug-likeness (QED) is 0.0703. The van der Waals surface area contributed by atoms with E-state index in [1.807, 2.05) is 0 Å². The van der Waals surface area contributed by atoms with Crippen molar-refractivity contribution in [1.29, 1.82) is 0 Å². The highest BCUT2D eigenvalue weighted by atomic mass is 16.5. The molecule has 0 aliphatic carbocycles. The van der Waals surface area contributed by atoms with E-state index in [1.165, 1.54) is 128 Å². The van der Waals surface area contributed by atoms with E-state index in [4.69, 9.17) is 4.74 Å². The van der Waals surface area contributed by atoms with Gasteiger partial charge < -0.3 is 14.7 Å². The zero-order valence-electron chi connectivity index (χ0n) is 26.3. The second-order valence-electron chi connectivity index (χ2n) is 11.8. The zero-order chi connectivity index (χ0) is 27.9. The first-order valence-corrected chi connectivity index (χ1v) is 17.2. The maximum absolute atomic E-state index is 12.4. The van der Waals surface area contributed by atoms with E-state index in [2.05, 4.69) is 25.7 Å². The first kappa shape index (κ1) is 37.4. The zero-order valence-corrected chi connectivity index (χ0v) is 26.3. The number of hydrogen-bond acceptors (Lipinski definition) is 4. The second-order valence-corrected chi connectivity index (χ2v) is 11.8. The van der Waals surface area contributed by atoms with Gasteiger partial charge in [-0.3, -0.25) is 4.79 Å². The highest BCUT2D eigenvalue weighted by molar-refractivity contribution is 5.69. The molecule has 228 valence electrons. The molecule has 0 aromatic rings. The highest BCUT2D eigenvalue weighted by Crippen LogP contribution is 2.20. The van der Waals surface area contributed by atoms with Crippen LogP contribution in [0.15, 0.2) is 0 Å². The molecule has 4 nitrogen and oxygen atoms in total. The number of nitrogens with zero attached hydrogens (tertiary/aromatic N) is 1. The van der Waals surface area contributed by atoms with Crippen molar-refractivity contribution in [2.75, 3.05) is 32.8 Å². The third kappa shape index (κ3) is 27.0. The summed E-state index contributed by atoms with van der Waals surface area (Å²) < 4.78 is 5.78. The van der Waals surface area contributed by atoms with Crippen molar-refractivity contribution < 1.29 is 14.6 Å². The molecule has 0 saturated heterocycles. The van der Waals surface area contributed by atoms with E-state index >= 15 is 0 Å². The molecule has 0 spiro atoms. The Morgan fingerprint density at radius 2 is 1.00 bits per heavy atom. The maximum Gasteiger partial charge on any atom is 0.305 e. The Morgan fingerprint density at radius 1 is 0.579 bits per heavy atom. The molecule has 0 aliphatic rings. The first-order valence-electron chi connectivity index (χ1n) is 17.2. The van der Waals surface area contributed by atoms with Gasteiger partial charge in [-0.25, -0.2) is 0 Å². The number of unbranched alkanes of at least 4 members (excludes halogenated alkanes) is 17. The van der Waals surface area contributed by atoms with E-state index in [0.717, 1.165) is 38.9 Å². The van der Waals surface area contributed by atoms with Gasteiger partial charge in [0, 0.05) is 13.0 Å². The Hall–Kier alpha value is -0.610. The Labute approximate surface area is 239 Å². The van der Waals surface area contributed by atoms with Gasteiger partial charge in [-0.05, 0) is 51.1 Å². The molecular weight excluding hydrogens is 470 g/mol. The molecule has 0 aromatic heterocycles. The van der Waals surface area contributed by atoms with Gasteiger partial charge in [0.2, 0.25) is 0 Å². The van der Waals surface area contributed by atoms with Crippen LogP contribution in [0.3, 0.4) is 0 Å². The van der Waals surface area contributed by atoms with Gasteiger partial charge in [0.05, 0.1) is 13.2 Å². The van der Waals surface area contributed by atoms with E-state index < -0.39 is 0 Å². The van der Waals surface area contributed by atoms with Gasteiger partial charge in [-0.1, -0.05) is 136 Å². The highest BCUT2D eigenvalue weighted by Gasteiger charge is 2.12. The van der Waals surface area contributed by atoms with Crippen molar-refractivity contribution in [1.82, 2.24) is 4.90 Å². The minimum absolute atomic E-state index is 0.000602. The lowest BCUT2D eigenvalue weighted by atomic mass is 9.94. The molecule has 1 atom stereocenters. The fraction of sp³-hybridized carbons (Fsp3) is 0.971. The molecule has 4 heteroatoms. The summed E-state index contributed by atoms with van der Waals surface area (Å²) in [6.07, 6.45) is 30.0. The topological polar surface area (TPSA) is 49.8 Å². The van der Waals surface area contributed by atoms with Crippen LogP contribution in [0.2, 0.25) is 0 Å². The molecule has 0 aliphatic heterocycles. The number of hydrogen-bond donors (Lipinski definition) is 1. The standard InChI is InChI=1S/C34H69NO3/c1-4-7-10-13-15-16-18-21-26-33(25-20-17-14-11-8-5-2)32-38-34(37)27-22-19-24-29-35(30-31-36)28-23-12-9-6-3/h33,36H,4-32H2,1-3H3. The van der Waals surface area contributed by atoms with E-state index in [1.54, 1.807) is 0 Å². The molecular formula is C34H69NO3. The lowest BCUT2D eigenvalue weighted by molar-refractivity contribution is -0.145. The van der Waals surface area contributed by atoms with E-state index in [-0.39, 0.29) is 12.6 Å². The summed E-state index contributed by atoms with van der Waals surface area (Å²) in [6, 6.07) is 0. The smallest absolute Gasteiger partial charge is 0.305 e. The van der Waals surface area contributed by atoms with Crippen LogP contribution in [-0.4, -0.2) is 48.8 Å². The van der Waals surface area contributed by atoms with Crippen molar-refractivity contribution in [3.8, 4) is 0 Å². The number of aliphatic hydroxyl groups excluding tert-OH is 1. The van der Waals surface area contributed by atoms with Crippen molar-refractivity contribution >= 4 is 5.97 Å². The number of aliphatic hydroxyl groups is 1. The molecule has 0 fully saturated rings. The minimum atomic E-state index is 0.000602. The molecule has 0 aromatic carbocycles. The van der Waals surface area contributed by atoms with Gasteiger partial charge in [-0.2, -0.15) is 0 Å². The predicted molar refractivity (Wildman–Crippen MR) is 166 cm³/mol. The largest absolute Gasteiger partial charge is 0.465 e. The normalized spacial score (nSPS) is 12.3. The molecule has 0 radical (unpaired) electrons. The van der Waals surface area contributed by atoms with Crippen molar-refractivity contribution in [3.05, 3.63) is 0 Å². The van der Waals surface area contributed by atoms with Crippen LogP contribution in [0.5, 0.6) is 0 Å². The number of carbonyl (C=O) groups excluding carboxylic acids is 1. The first-order chi connectivity index (χ1) is 18.7. The fourth-order valence-corrected chi connectivity index (χ4v) is 5.39. The summed E-state index contributed by atoms with van der Waals surface area (Å²) in [6.45, 7) is 10.5. The summed E-state index contributed by atoms with van der Waals surface area (Å²) >= 11 is 0. The SMILES string of the molecule is CCCCCCCCCCC(CCCCCCCC)COC(=O)CCCCCN(CCO)CCCCCC. The molecule has 0 saturated carbocycles. The summed E-state index contributed by atoms with van der Waals surface area (Å²) in [5.41, 5.74) is 0. The lowest BCUT2D eigenvalue weighted by Gasteiger charge is -2.21. The van der Waals surface area contributed by atoms with E-state index in [0.29, 0.717) is 18.9 Å². The van der Waals surface area contributed by atoms with Crippen LogP contribution >= 0.6 is 0 Å². The number of rotatable bonds is 31. The van der Waals surface area contributed by atoms with Crippen molar-refractivity contribution in [2.45, 2.75) is 175 Å². The maximum atomic E-state index is 12.4. The van der Waals surface area contributed by atoms with E-state index in [9.17, 15) is 9.90 Å². The molecule has 0 rings (SSSR count). The van der Waals surface area contributed by atoms with Crippen LogP contribution in [0.1, 0.15) is 175 Å². The monoisotopic (exact) mass is 540 g/mol. The lowest BCUT2D eigenvalue weighted by Crippen LogP contribution is -2.29. The molecule has 1 unspecified atom stereocenters. The third-order valence-electron chi connectivity index (χ3n) is 8.01. The summed E-state index contributed by atoms with van der Waals surface area (Å²) in [5.74, 6) is 0.547. The molecule has 0 amide bonds. The molecule has 1 N–H and O–H groups in total.